The molecule has 0 fully saturated rings. The van der Waals surface area contributed by atoms with Crippen LogP contribution >= 0.6 is 0 Å². The molecule has 0 saturated carbocycles. The second kappa shape index (κ2) is 6.37. The highest BCUT2D eigenvalue weighted by molar-refractivity contribution is 5.97. The SMILES string of the molecule is COc1ccc2[nH]c3c(c2c1)CN(C(=O)c1cc(C)ncc1OC)CC3. The maximum Gasteiger partial charge on any atom is 0.258 e. The number of amides is 1. The molecule has 26 heavy (non-hydrogen) atoms. The largest absolute Gasteiger partial charge is 0.497 e. The van der Waals surface area contributed by atoms with E-state index >= 15 is 0 Å². The first-order chi connectivity index (χ1) is 12.6. The van der Waals surface area contributed by atoms with Gasteiger partial charge in [0.2, 0.25) is 0 Å². The van der Waals surface area contributed by atoms with E-state index in [4.69, 9.17) is 9.47 Å². The standard InChI is InChI=1S/C20H21N3O3/c1-12-8-15(19(26-3)10-21-12)20(24)23-7-6-18-16(11-23)14-9-13(25-2)4-5-17(14)22-18/h4-5,8-10,22H,6-7,11H2,1-3H3. The van der Waals surface area contributed by atoms with E-state index in [1.165, 1.54) is 5.69 Å². The van der Waals surface area contributed by atoms with Crippen molar-refractivity contribution in [1.29, 1.82) is 0 Å². The summed E-state index contributed by atoms with van der Waals surface area (Å²) >= 11 is 0. The Morgan fingerprint density at radius 1 is 1.23 bits per heavy atom. The first-order valence-electron chi connectivity index (χ1n) is 8.58. The molecule has 6 nitrogen and oxygen atoms in total. The first-order valence-corrected chi connectivity index (χ1v) is 8.58. The number of rotatable bonds is 3. The van der Waals surface area contributed by atoms with E-state index in [0.717, 1.165) is 34.3 Å². The number of hydrogen-bond donors (Lipinski definition) is 1. The van der Waals surface area contributed by atoms with Gasteiger partial charge in [-0.05, 0) is 31.2 Å². The van der Waals surface area contributed by atoms with Crippen LogP contribution in [-0.2, 0) is 13.0 Å². The highest BCUT2D eigenvalue weighted by Crippen LogP contribution is 2.31. The summed E-state index contributed by atoms with van der Waals surface area (Å²) in [6.07, 6.45) is 2.40. The van der Waals surface area contributed by atoms with Crippen molar-refractivity contribution in [3.05, 3.63) is 53.0 Å². The van der Waals surface area contributed by atoms with Gasteiger partial charge < -0.3 is 19.4 Å². The van der Waals surface area contributed by atoms with E-state index < -0.39 is 0 Å². The molecule has 0 aliphatic carbocycles. The van der Waals surface area contributed by atoms with Gasteiger partial charge in [0.15, 0.2) is 0 Å². The number of carbonyl (C=O) groups excluding carboxylic acids is 1. The monoisotopic (exact) mass is 351 g/mol. The van der Waals surface area contributed by atoms with Crippen LogP contribution in [0.4, 0.5) is 0 Å². The molecule has 0 spiro atoms. The molecule has 0 bridgehead atoms. The number of aryl methyl sites for hydroxylation is 1. The molecular weight excluding hydrogens is 330 g/mol. The number of nitrogens with zero attached hydrogens (tertiary/aromatic N) is 2. The minimum atomic E-state index is -0.0322. The minimum Gasteiger partial charge on any atom is -0.497 e. The summed E-state index contributed by atoms with van der Waals surface area (Å²) in [5, 5.41) is 1.11. The van der Waals surface area contributed by atoms with Crippen molar-refractivity contribution < 1.29 is 14.3 Å². The lowest BCUT2D eigenvalue weighted by molar-refractivity contribution is 0.0731. The molecule has 134 valence electrons. The summed E-state index contributed by atoms with van der Waals surface area (Å²) in [7, 11) is 3.22. The molecule has 0 radical (unpaired) electrons. The number of aromatic nitrogens is 2. The number of pyridine rings is 1. The number of carbonyl (C=O) groups is 1. The van der Waals surface area contributed by atoms with E-state index in [-0.39, 0.29) is 5.91 Å². The molecule has 4 rings (SSSR count). The molecule has 1 aromatic carbocycles. The third kappa shape index (κ3) is 2.67. The average Bonchev–Trinajstić information content (AvgIpc) is 3.04. The van der Waals surface area contributed by atoms with E-state index in [1.54, 1.807) is 26.5 Å². The summed E-state index contributed by atoms with van der Waals surface area (Å²) in [4.78, 5) is 22.7. The summed E-state index contributed by atoms with van der Waals surface area (Å²) in [5.41, 5.74) is 4.77. The van der Waals surface area contributed by atoms with Gasteiger partial charge in [-0.3, -0.25) is 9.78 Å². The van der Waals surface area contributed by atoms with Crippen molar-refractivity contribution in [3.63, 3.8) is 0 Å². The molecule has 0 saturated heterocycles. The van der Waals surface area contributed by atoms with Crippen LogP contribution < -0.4 is 9.47 Å². The Labute approximate surface area is 151 Å². The topological polar surface area (TPSA) is 67.5 Å². The van der Waals surface area contributed by atoms with Crippen molar-refractivity contribution >= 4 is 16.8 Å². The van der Waals surface area contributed by atoms with Crippen LogP contribution in [0.25, 0.3) is 10.9 Å². The Morgan fingerprint density at radius 2 is 2.08 bits per heavy atom. The molecule has 3 aromatic rings. The first kappa shape index (κ1) is 16.4. The van der Waals surface area contributed by atoms with Crippen molar-refractivity contribution in [2.24, 2.45) is 0 Å². The van der Waals surface area contributed by atoms with E-state index in [0.29, 0.717) is 24.4 Å². The Hall–Kier alpha value is -3.02. The number of fused-ring (bicyclic) bond motifs is 3. The molecular formula is C20H21N3O3. The smallest absolute Gasteiger partial charge is 0.258 e. The van der Waals surface area contributed by atoms with Gasteiger partial charge in [-0.25, -0.2) is 0 Å². The number of benzene rings is 1. The molecule has 1 aliphatic rings. The third-order valence-electron chi connectivity index (χ3n) is 4.92. The van der Waals surface area contributed by atoms with Crippen LogP contribution in [-0.4, -0.2) is 41.5 Å². The van der Waals surface area contributed by atoms with Crippen molar-refractivity contribution in [2.45, 2.75) is 19.9 Å². The number of aromatic amines is 1. The van der Waals surface area contributed by atoms with E-state index in [2.05, 4.69) is 9.97 Å². The number of ether oxygens (including phenoxy) is 2. The van der Waals surface area contributed by atoms with E-state index in [1.807, 2.05) is 30.0 Å². The Balaban J connectivity index is 1.70. The fourth-order valence-electron chi connectivity index (χ4n) is 3.54. The highest BCUT2D eigenvalue weighted by Gasteiger charge is 2.27. The summed E-state index contributed by atoms with van der Waals surface area (Å²) in [5.74, 6) is 1.29. The van der Waals surface area contributed by atoms with Crippen LogP contribution in [0, 0.1) is 6.92 Å². The molecule has 3 heterocycles. The highest BCUT2D eigenvalue weighted by atomic mass is 16.5. The molecule has 2 aromatic heterocycles. The number of methoxy groups -OCH3 is 2. The van der Waals surface area contributed by atoms with Gasteiger partial charge in [-0.2, -0.15) is 0 Å². The van der Waals surface area contributed by atoms with Gasteiger partial charge in [-0.1, -0.05) is 0 Å². The molecule has 1 amide bonds. The second-order valence-corrected chi connectivity index (χ2v) is 6.50. The Bertz CT molecular complexity index is 993. The predicted octanol–water partition coefficient (Wildman–Crippen LogP) is 3.09. The van der Waals surface area contributed by atoms with Gasteiger partial charge in [0.25, 0.3) is 5.91 Å². The van der Waals surface area contributed by atoms with Crippen LogP contribution in [0.15, 0.2) is 30.5 Å². The van der Waals surface area contributed by atoms with Crippen molar-refractivity contribution in [3.8, 4) is 11.5 Å². The number of hydrogen-bond acceptors (Lipinski definition) is 4. The maximum absolute atomic E-state index is 13.1. The maximum atomic E-state index is 13.1. The molecule has 0 unspecified atom stereocenters. The van der Waals surface area contributed by atoms with Crippen LogP contribution in [0.3, 0.4) is 0 Å². The number of H-pyrrole nitrogens is 1. The lowest BCUT2D eigenvalue weighted by Crippen LogP contribution is -2.36. The molecule has 0 atom stereocenters. The predicted molar refractivity (Wildman–Crippen MR) is 98.8 cm³/mol. The fourth-order valence-corrected chi connectivity index (χ4v) is 3.54. The normalized spacial score (nSPS) is 13.6. The third-order valence-corrected chi connectivity index (χ3v) is 4.92. The van der Waals surface area contributed by atoms with Gasteiger partial charge >= 0.3 is 0 Å². The zero-order chi connectivity index (χ0) is 18.3. The lowest BCUT2D eigenvalue weighted by Gasteiger charge is -2.28. The quantitative estimate of drug-likeness (QED) is 0.787. The second-order valence-electron chi connectivity index (χ2n) is 6.50. The van der Waals surface area contributed by atoms with Crippen LogP contribution in [0.1, 0.15) is 27.3 Å². The van der Waals surface area contributed by atoms with Crippen LogP contribution in [0.5, 0.6) is 11.5 Å². The zero-order valence-corrected chi connectivity index (χ0v) is 15.1. The minimum absolute atomic E-state index is 0.0322. The molecule has 6 heteroatoms. The average molecular weight is 351 g/mol. The van der Waals surface area contributed by atoms with Crippen molar-refractivity contribution in [1.82, 2.24) is 14.9 Å². The Morgan fingerprint density at radius 3 is 2.85 bits per heavy atom. The van der Waals surface area contributed by atoms with Gasteiger partial charge in [0.1, 0.15) is 11.5 Å². The van der Waals surface area contributed by atoms with E-state index in [9.17, 15) is 4.79 Å². The molecule has 1 N–H and O–H groups in total. The van der Waals surface area contributed by atoms with Crippen molar-refractivity contribution in [2.75, 3.05) is 20.8 Å². The lowest BCUT2D eigenvalue weighted by atomic mass is 10.0. The van der Waals surface area contributed by atoms with Gasteiger partial charge in [0.05, 0.1) is 26.0 Å². The van der Waals surface area contributed by atoms with Gasteiger partial charge in [0, 0.05) is 47.4 Å². The van der Waals surface area contributed by atoms with Gasteiger partial charge in [-0.15, -0.1) is 0 Å². The summed E-state index contributed by atoms with van der Waals surface area (Å²) in [6, 6.07) is 7.77. The Kier molecular flexibility index (Phi) is 4.03. The summed E-state index contributed by atoms with van der Waals surface area (Å²) in [6.45, 7) is 3.10. The van der Waals surface area contributed by atoms with Crippen LogP contribution in [0.2, 0.25) is 0 Å². The summed E-state index contributed by atoms with van der Waals surface area (Å²) < 4.78 is 10.7. The number of nitrogens with one attached hydrogen (secondary N) is 1. The zero-order valence-electron chi connectivity index (χ0n) is 15.1. The fraction of sp³-hybridized carbons (Fsp3) is 0.300. The molecule has 1 aliphatic heterocycles.